The van der Waals surface area contributed by atoms with E-state index in [0.29, 0.717) is 12.8 Å². The number of rotatable bonds is 42. The van der Waals surface area contributed by atoms with Crippen LogP contribution in [0.1, 0.15) is 232 Å². The second kappa shape index (κ2) is 38.1. The van der Waals surface area contributed by atoms with Crippen LogP contribution in [0.25, 0.3) is 0 Å². The molecule has 1 aliphatic heterocycles. The average Bonchev–Trinajstić information content (AvgIpc) is 3.21. The lowest BCUT2D eigenvalue weighted by molar-refractivity contribution is -0.297. The normalized spacial score (nSPS) is 20.0. The van der Waals surface area contributed by atoms with Gasteiger partial charge in [0.2, 0.25) is 0 Å². The Balaban J connectivity index is 2.38. The Hall–Kier alpha value is -1.35. The minimum atomic E-state index is -4.60. The number of carbonyl (C=O) groups excluding carboxylic acids is 2. The third-order valence-corrected chi connectivity index (χ3v) is 12.4. The summed E-state index contributed by atoms with van der Waals surface area (Å²) in [5.41, 5.74) is 0. The van der Waals surface area contributed by atoms with E-state index in [-0.39, 0.29) is 19.4 Å². The SMILES string of the molecule is CCCCCCCCCCCCCCCCCCCCC(=O)OC(COC(=O)CCCCCCCCCCCCCCCC)COC1OC(CS(=O)(=O)O)C(O)C(O)C1O. The molecule has 0 aromatic rings. The lowest BCUT2D eigenvalue weighted by Crippen LogP contribution is -2.60. The smallest absolute Gasteiger partial charge is 0.306 e. The summed E-state index contributed by atoms with van der Waals surface area (Å²) in [5, 5.41) is 30.9. The molecular formula is C47H90O12S. The number of esters is 2. The first-order valence-corrected chi connectivity index (χ1v) is 26.2. The van der Waals surface area contributed by atoms with Gasteiger partial charge in [0.25, 0.3) is 10.1 Å². The van der Waals surface area contributed by atoms with Crippen molar-refractivity contribution >= 4 is 22.1 Å². The Morgan fingerprint density at radius 3 is 1.22 bits per heavy atom. The lowest BCUT2D eigenvalue weighted by atomic mass is 10.00. The lowest BCUT2D eigenvalue weighted by Gasteiger charge is -2.40. The Morgan fingerprint density at radius 2 is 0.850 bits per heavy atom. The van der Waals surface area contributed by atoms with E-state index in [0.717, 1.165) is 38.5 Å². The second-order valence-electron chi connectivity index (χ2n) is 17.5. The molecule has 1 aliphatic rings. The van der Waals surface area contributed by atoms with Gasteiger partial charge in [-0.1, -0.05) is 206 Å². The molecule has 0 saturated carbocycles. The van der Waals surface area contributed by atoms with Crippen LogP contribution in [0.4, 0.5) is 0 Å². The van der Waals surface area contributed by atoms with Crippen molar-refractivity contribution in [1.29, 1.82) is 0 Å². The molecule has 0 aromatic heterocycles. The van der Waals surface area contributed by atoms with Crippen molar-refractivity contribution in [1.82, 2.24) is 0 Å². The number of unbranched alkanes of at least 4 members (excludes halogenated alkanes) is 30. The van der Waals surface area contributed by atoms with Crippen LogP contribution in [0.3, 0.4) is 0 Å². The third-order valence-electron chi connectivity index (χ3n) is 11.7. The molecule has 6 atom stereocenters. The van der Waals surface area contributed by atoms with Crippen LogP contribution in [0.2, 0.25) is 0 Å². The fraction of sp³-hybridized carbons (Fsp3) is 0.957. The number of aliphatic hydroxyl groups excluding tert-OH is 3. The van der Waals surface area contributed by atoms with Gasteiger partial charge < -0.3 is 34.3 Å². The molecular weight excluding hydrogens is 789 g/mol. The van der Waals surface area contributed by atoms with Crippen LogP contribution in [0, 0.1) is 0 Å². The molecule has 6 unspecified atom stereocenters. The van der Waals surface area contributed by atoms with Gasteiger partial charge in [0.05, 0.1) is 6.61 Å². The van der Waals surface area contributed by atoms with Crippen LogP contribution in [0.15, 0.2) is 0 Å². The van der Waals surface area contributed by atoms with Crippen molar-refractivity contribution in [3.8, 4) is 0 Å². The maximum Gasteiger partial charge on any atom is 0.306 e. The molecule has 1 rings (SSSR count). The maximum absolute atomic E-state index is 12.8. The summed E-state index contributed by atoms with van der Waals surface area (Å²) in [5.74, 6) is -1.96. The highest BCUT2D eigenvalue weighted by atomic mass is 32.2. The van der Waals surface area contributed by atoms with E-state index in [2.05, 4.69) is 13.8 Å². The average molecular weight is 879 g/mol. The van der Waals surface area contributed by atoms with Gasteiger partial charge in [-0.15, -0.1) is 0 Å². The Bertz CT molecular complexity index is 1120. The van der Waals surface area contributed by atoms with Crippen molar-refractivity contribution in [2.24, 2.45) is 0 Å². The summed E-state index contributed by atoms with van der Waals surface area (Å²) >= 11 is 0. The number of hydrogen-bond acceptors (Lipinski definition) is 11. The van der Waals surface area contributed by atoms with Crippen molar-refractivity contribution in [3.63, 3.8) is 0 Å². The summed E-state index contributed by atoms with van der Waals surface area (Å²) < 4.78 is 54.2. The van der Waals surface area contributed by atoms with E-state index in [9.17, 15) is 37.9 Å². The third kappa shape index (κ3) is 32.3. The van der Waals surface area contributed by atoms with Crippen molar-refractivity contribution in [3.05, 3.63) is 0 Å². The van der Waals surface area contributed by atoms with E-state index in [4.69, 9.17) is 18.9 Å². The molecule has 356 valence electrons. The molecule has 0 spiro atoms. The molecule has 1 fully saturated rings. The molecule has 12 nitrogen and oxygen atoms in total. The van der Waals surface area contributed by atoms with Crippen LogP contribution in [0.5, 0.6) is 0 Å². The number of hydrogen-bond donors (Lipinski definition) is 4. The van der Waals surface area contributed by atoms with E-state index in [1.807, 2.05) is 0 Å². The van der Waals surface area contributed by atoms with Crippen LogP contribution in [-0.2, 0) is 38.7 Å². The fourth-order valence-electron chi connectivity index (χ4n) is 7.86. The van der Waals surface area contributed by atoms with E-state index < -0.39 is 71.2 Å². The summed E-state index contributed by atoms with van der Waals surface area (Å²) in [4.78, 5) is 25.5. The summed E-state index contributed by atoms with van der Waals surface area (Å²) in [6.45, 7) is 3.80. The van der Waals surface area contributed by atoms with Crippen LogP contribution < -0.4 is 0 Å². The molecule has 0 bridgehead atoms. The monoisotopic (exact) mass is 879 g/mol. The minimum Gasteiger partial charge on any atom is -0.462 e. The van der Waals surface area contributed by atoms with Gasteiger partial charge in [-0.2, -0.15) is 8.42 Å². The van der Waals surface area contributed by atoms with Gasteiger partial charge in [-0.25, -0.2) is 0 Å². The standard InChI is InChI=1S/C47H90O12S/c1-3-5-7-9-11-13-15-17-19-20-21-22-24-26-28-30-32-34-36-43(49)58-40(38-57-47-46(52)45(51)44(50)41(59-47)39-60(53,54)55)37-56-42(48)35-33-31-29-27-25-23-18-16-14-12-10-8-6-4-2/h40-41,44-47,50-52H,3-39H2,1-2H3,(H,53,54,55). The predicted molar refractivity (Wildman–Crippen MR) is 238 cm³/mol. The Labute approximate surface area is 365 Å². The van der Waals surface area contributed by atoms with Gasteiger partial charge in [0.1, 0.15) is 36.8 Å². The van der Waals surface area contributed by atoms with Crippen molar-refractivity contribution in [2.45, 2.75) is 269 Å². The highest BCUT2D eigenvalue weighted by Gasteiger charge is 2.46. The van der Waals surface area contributed by atoms with E-state index in [1.54, 1.807) is 0 Å². The van der Waals surface area contributed by atoms with Gasteiger partial charge in [-0.05, 0) is 12.8 Å². The highest BCUT2D eigenvalue weighted by molar-refractivity contribution is 7.85. The molecule has 0 radical (unpaired) electrons. The topological polar surface area (TPSA) is 186 Å². The molecule has 1 heterocycles. The molecule has 13 heteroatoms. The molecule has 0 amide bonds. The van der Waals surface area contributed by atoms with E-state index >= 15 is 0 Å². The molecule has 60 heavy (non-hydrogen) atoms. The van der Waals surface area contributed by atoms with Crippen LogP contribution >= 0.6 is 0 Å². The summed E-state index contributed by atoms with van der Waals surface area (Å²) in [7, 11) is -4.60. The van der Waals surface area contributed by atoms with Gasteiger partial charge in [0.15, 0.2) is 12.4 Å². The zero-order chi connectivity index (χ0) is 44.1. The highest BCUT2D eigenvalue weighted by Crippen LogP contribution is 2.24. The zero-order valence-corrected chi connectivity index (χ0v) is 38.9. The van der Waals surface area contributed by atoms with Crippen molar-refractivity contribution < 1.29 is 56.8 Å². The summed E-state index contributed by atoms with van der Waals surface area (Å²) in [6, 6.07) is 0. The Kier molecular flexibility index (Phi) is 36.0. The van der Waals surface area contributed by atoms with Gasteiger partial charge >= 0.3 is 11.9 Å². The Morgan fingerprint density at radius 1 is 0.500 bits per heavy atom. The fourth-order valence-corrected chi connectivity index (χ4v) is 8.55. The van der Waals surface area contributed by atoms with Gasteiger partial charge in [-0.3, -0.25) is 14.1 Å². The van der Waals surface area contributed by atoms with Crippen LogP contribution in [-0.4, -0.2) is 96.0 Å². The maximum atomic E-state index is 12.8. The quantitative estimate of drug-likeness (QED) is 0.0259. The predicted octanol–water partition coefficient (Wildman–Crippen LogP) is 10.5. The first-order valence-electron chi connectivity index (χ1n) is 24.6. The largest absolute Gasteiger partial charge is 0.462 e. The first kappa shape index (κ1) is 56.7. The van der Waals surface area contributed by atoms with E-state index in [1.165, 1.54) is 154 Å². The molecule has 0 aromatic carbocycles. The molecule has 1 saturated heterocycles. The molecule has 4 N–H and O–H groups in total. The zero-order valence-electron chi connectivity index (χ0n) is 38.1. The number of carbonyl (C=O) groups is 2. The molecule has 0 aliphatic carbocycles. The second-order valence-corrected chi connectivity index (χ2v) is 19.0. The van der Waals surface area contributed by atoms with Gasteiger partial charge in [0, 0.05) is 12.8 Å². The summed E-state index contributed by atoms with van der Waals surface area (Å²) in [6.07, 6.45) is 30.0. The minimum absolute atomic E-state index is 0.173. The number of ether oxygens (including phenoxy) is 4. The number of aliphatic hydroxyl groups is 3. The van der Waals surface area contributed by atoms with Crippen molar-refractivity contribution in [2.75, 3.05) is 19.0 Å². The first-order chi connectivity index (χ1) is 29.0.